The van der Waals surface area contributed by atoms with E-state index in [-0.39, 0.29) is 18.2 Å². The summed E-state index contributed by atoms with van der Waals surface area (Å²) in [5, 5.41) is 7.78. The molecule has 2 aromatic heterocycles. The van der Waals surface area contributed by atoms with Crippen LogP contribution in [0.25, 0.3) is 11.5 Å². The van der Waals surface area contributed by atoms with Crippen LogP contribution in [-0.4, -0.2) is 26.1 Å². The lowest BCUT2D eigenvalue weighted by molar-refractivity contribution is 0.0431. The molecule has 0 aliphatic heterocycles. The summed E-state index contributed by atoms with van der Waals surface area (Å²) in [6.45, 7) is 1.65. The number of esters is 1. The average Bonchev–Trinajstić information content (AvgIpc) is 3.03. The molecule has 0 radical (unpaired) electrons. The lowest BCUT2D eigenvalue weighted by Gasteiger charge is -2.01. The van der Waals surface area contributed by atoms with Crippen LogP contribution in [-0.2, 0) is 11.3 Å². The van der Waals surface area contributed by atoms with Crippen molar-refractivity contribution in [2.24, 2.45) is 0 Å². The Balaban J connectivity index is 1.64. The summed E-state index contributed by atoms with van der Waals surface area (Å²) < 4.78 is 11.5. The molecule has 0 fully saturated rings. The minimum absolute atomic E-state index is 0.127. The van der Waals surface area contributed by atoms with Crippen LogP contribution >= 0.6 is 15.9 Å². The van der Waals surface area contributed by atoms with Gasteiger partial charge in [-0.2, -0.15) is 0 Å². The average molecular weight is 375 g/mol. The zero-order valence-corrected chi connectivity index (χ0v) is 13.6. The molecule has 116 valence electrons. The molecular formula is C15H11BrN4O3. The first-order valence-corrected chi connectivity index (χ1v) is 7.45. The summed E-state index contributed by atoms with van der Waals surface area (Å²) in [6.07, 6.45) is 2.85. The Morgan fingerprint density at radius 1 is 1.17 bits per heavy atom. The summed E-state index contributed by atoms with van der Waals surface area (Å²) in [5.74, 6) is -0.0316. The summed E-state index contributed by atoms with van der Waals surface area (Å²) >= 11 is 3.36. The highest BCUT2D eigenvalue weighted by Crippen LogP contribution is 2.20. The minimum Gasteiger partial charge on any atom is -0.451 e. The van der Waals surface area contributed by atoms with Crippen LogP contribution in [0.4, 0.5) is 0 Å². The van der Waals surface area contributed by atoms with E-state index in [2.05, 4.69) is 36.1 Å². The quantitative estimate of drug-likeness (QED) is 0.648. The number of hydrogen-bond donors (Lipinski definition) is 0. The highest BCUT2D eigenvalue weighted by Gasteiger charge is 2.13. The number of carbonyl (C=O) groups excluding carboxylic acids is 1. The Hall–Kier alpha value is -2.61. The number of carbonyl (C=O) groups is 1. The highest BCUT2D eigenvalue weighted by atomic mass is 79.9. The molecule has 3 rings (SSSR count). The van der Waals surface area contributed by atoms with Crippen molar-refractivity contribution in [3.05, 3.63) is 58.4 Å². The Morgan fingerprint density at radius 2 is 1.96 bits per heavy atom. The van der Waals surface area contributed by atoms with Gasteiger partial charge >= 0.3 is 5.97 Å². The first-order chi connectivity index (χ1) is 11.1. The largest absolute Gasteiger partial charge is 0.451 e. The van der Waals surface area contributed by atoms with Gasteiger partial charge < -0.3 is 9.15 Å². The van der Waals surface area contributed by atoms with Crippen molar-refractivity contribution < 1.29 is 13.9 Å². The van der Waals surface area contributed by atoms with E-state index in [1.54, 1.807) is 6.92 Å². The van der Waals surface area contributed by atoms with Crippen LogP contribution in [0.1, 0.15) is 22.1 Å². The van der Waals surface area contributed by atoms with Crippen molar-refractivity contribution in [1.29, 1.82) is 0 Å². The van der Waals surface area contributed by atoms with E-state index in [1.807, 2.05) is 24.3 Å². The van der Waals surface area contributed by atoms with E-state index >= 15 is 0 Å². The molecule has 7 nitrogen and oxygen atoms in total. The van der Waals surface area contributed by atoms with Crippen molar-refractivity contribution in [3.8, 4) is 11.5 Å². The van der Waals surface area contributed by atoms with Crippen molar-refractivity contribution >= 4 is 21.9 Å². The zero-order valence-electron chi connectivity index (χ0n) is 12.1. The summed E-state index contributed by atoms with van der Waals surface area (Å²) in [5.41, 5.74) is 1.63. The fourth-order valence-corrected chi connectivity index (χ4v) is 1.98. The third-order valence-electron chi connectivity index (χ3n) is 2.87. The van der Waals surface area contributed by atoms with Crippen LogP contribution in [0.5, 0.6) is 0 Å². The molecule has 0 aliphatic rings. The molecule has 2 heterocycles. The maximum Gasteiger partial charge on any atom is 0.359 e. The van der Waals surface area contributed by atoms with Gasteiger partial charge in [0, 0.05) is 16.2 Å². The second kappa shape index (κ2) is 6.66. The number of rotatable bonds is 4. The van der Waals surface area contributed by atoms with Crippen molar-refractivity contribution in [3.63, 3.8) is 0 Å². The van der Waals surface area contributed by atoms with E-state index in [0.29, 0.717) is 5.89 Å². The van der Waals surface area contributed by atoms with Gasteiger partial charge in [-0.25, -0.2) is 9.78 Å². The summed E-state index contributed by atoms with van der Waals surface area (Å²) in [7, 11) is 0. The van der Waals surface area contributed by atoms with Gasteiger partial charge in [0.05, 0.1) is 11.9 Å². The molecule has 0 N–H and O–H groups in total. The normalized spacial score (nSPS) is 10.5. The van der Waals surface area contributed by atoms with Crippen LogP contribution in [0.15, 0.2) is 45.5 Å². The Labute approximate surface area is 139 Å². The van der Waals surface area contributed by atoms with Crippen LogP contribution in [0.2, 0.25) is 0 Å². The number of halogens is 1. The summed E-state index contributed by atoms with van der Waals surface area (Å²) in [6, 6.07) is 7.43. The molecule has 23 heavy (non-hydrogen) atoms. The van der Waals surface area contributed by atoms with Gasteiger partial charge in [0.25, 0.3) is 5.89 Å². The third-order valence-corrected chi connectivity index (χ3v) is 3.40. The number of aryl methyl sites for hydroxylation is 1. The third kappa shape index (κ3) is 3.78. The molecule has 1 aromatic carbocycles. The smallest absolute Gasteiger partial charge is 0.359 e. The van der Waals surface area contributed by atoms with Crippen molar-refractivity contribution in [2.75, 3.05) is 0 Å². The molecule has 3 aromatic rings. The predicted octanol–water partition coefficient (Wildman–Crippen LogP) is 2.95. The number of ether oxygens (including phenoxy) is 1. The second-order valence-corrected chi connectivity index (χ2v) is 5.54. The molecule has 0 amide bonds. The monoisotopic (exact) mass is 374 g/mol. The van der Waals surface area contributed by atoms with E-state index < -0.39 is 5.97 Å². The molecule has 0 bridgehead atoms. The molecule has 0 saturated heterocycles. The van der Waals surface area contributed by atoms with Gasteiger partial charge in [-0.3, -0.25) is 4.98 Å². The van der Waals surface area contributed by atoms with Gasteiger partial charge in [0.15, 0.2) is 12.3 Å². The first-order valence-electron chi connectivity index (χ1n) is 6.66. The maximum atomic E-state index is 11.8. The van der Waals surface area contributed by atoms with E-state index in [9.17, 15) is 4.79 Å². The molecular weight excluding hydrogens is 364 g/mol. The number of hydrogen-bond acceptors (Lipinski definition) is 7. The topological polar surface area (TPSA) is 91.0 Å². The van der Waals surface area contributed by atoms with E-state index in [1.165, 1.54) is 12.4 Å². The molecule has 0 spiro atoms. The first kappa shape index (κ1) is 15.3. The van der Waals surface area contributed by atoms with Gasteiger partial charge in [-0.05, 0) is 31.2 Å². The zero-order chi connectivity index (χ0) is 16.2. The Kier molecular flexibility index (Phi) is 4.42. The highest BCUT2D eigenvalue weighted by molar-refractivity contribution is 9.10. The lowest BCUT2D eigenvalue weighted by atomic mass is 10.2. The standard InChI is InChI=1S/C15H11BrN4O3/c1-9-6-18-12(7-17-9)15(21)22-8-13-19-20-14(23-13)10-2-4-11(16)5-3-10/h2-7H,8H2,1H3. The molecule has 0 atom stereocenters. The fraction of sp³-hybridized carbons (Fsp3) is 0.133. The fourth-order valence-electron chi connectivity index (χ4n) is 1.72. The lowest BCUT2D eigenvalue weighted by Crippen LogP contribution is -2.08. The molecule has 0 unspecified atom stereocenters. The van der Waals surface area contributed by atoms with Crippen LogP contribution in [0.3, 0.4) is 0 Å². The van der Waals surface area contributed by atoms with Gasteiger partial charge in [0.2, 0.25) is 5.89 Å². The maximum absolute atomic E-state index is 11.8. The molecule has 0 saturated carbocycles. The van der Waals surface area contributed by atoms with E-state index in [0.717, 1.165) is 15.7 Å². The van der Waals surface area contributed by atoms with Crippen molar-refractivity contribution in [1.82, 2.24) is 20.2 Å². The van der Waals surface area contributed by atoms with E-state index in [4.69, 9.17) is 9.15 Å². The Morgan fingerprint density at radius 3 is 2.65 bits per heavy atom. The van der Waals surface area contributed by atoms with Gasteiger partial charge in [-0.1, -0.05) is 15.9 Å². The minimum atomic E-state index is -0.596. The number of aromatic nitrogens is 4. The molecule has 8 heteroatoms. The number of benzene rings is 1. The summed E-state index contributed by atoms with van der Waals surface area (Å²) in [4.78, 5) is 19.8. The second-order valence-electron chi connectivity index (χ2n) is 4.63. The Bertz CT molecular complexity index is 815. The van der Waals surface area contributed by atoms with Crippen LogP contribution < -0.4 is 0 Å². The van der Waals surface area contributed by atoms with Crippen LogP contribution in [0, 0.1) is 6.92 Å². The SMILES string of the molecule is Cc1cnc(C(=O)OCc2nnc(-c3ccc(Br)cc3)o2)cn1. The molecule has 0 aliphatic carbocycles. The number of nitrogens with zero attached hydrogens (tertiary/aromatic N) is 4. The van der Waals surface area contributed by atoms with Gasteiger partial charge in [-0.15, -0.1) is 10.2 Å². The van der Waals surface area contributed by atoms with Gasteiger partial charge in [0.1, 0.15) is 0 Å². The van der Waals surface area contributed by atoms with Crippen molar-refractivity contribution in [2.45, 2.75) is 13.5 Å². The predicted molar refractivity (Wildman–Crippen MR) is 83.3 cm³/mol.